The minimum absolute atomic E-state index is 0.151. The van der Waals surface area contributed by atoms with Gasteiger partial charge in [0.25, 0.3) is 0 Å². The van der Waals surface area contributed by atoms with E-state index in [0.29, 0.717) is 32.6 Å². The van der Waals surface area contributed by atoms with E-state index in [1.165, 1.54) is 23.3 Å². The summed E-state index contributed by atoms with van der Waals surface area (Å²) in [6.07, 6.45) is -5.28. The van der Waals surface area contributed by atoms with E-state index in [9.17, 15) is 30.3 Å². The second kappa shape index (κ2) is 19.5. The molecule has 14 atom stereocenters. The van der Waals surface area contributed by atoms with Crippen LogP contribution in [-0.2, 0) is 25.5 Å². The normalized spacial score (nSPS) is 39.1. The largest absolute Gasteiger partial charge is 0.459 e. The number of carbonyl (C=O) groups is 1. The van der Waals surface area contributed by atoms with Crippen molar-refractivity contribution in [2.45, 2.75) is 154 Å². The summed E-state index contributed by atoms with van der Waals surface area (Å²) in [6.45, 7) is 16.5. The van der Waals surface area contributed by atoms with Crippen molar-refractivity contribution >= 4 is 16.7 Å². The molecule has 6 N–H and O–H groups in total. The highest BCUT2D eigenvalue weighted by Gasteiger charge is 2.50. The average molecular weight is 774 g/mol. The first-order valence-electron chi connectivity index (χ1n) is 20.4. The zero-order valence-electron chi connectivity index (χ0n) is 34.9. The quantitative estimate of drug-likeness (QED) is 0.154. The van der Waals surface area contributed by atoms with Crippen molar-refractivity contribution < 1.29 is 44.5 Å². The summed E-state index contributed by atoms with van der Waals surface area (Å²) >= 11 is 0. The fourth-order valence-electron chi connectivity index (χ4n) is 8.98. The summed E-state index contributed by atoms with van der Waals surface area (Å²) in [5.74, 6) is -2.77. The third kappa shape index (κ3) is 11.0. The van der Waals surface area contributed by atoms with Crippen LogP contribution in [0.15, 0.2) is 42.5 Å². The van der Waals surface area contributed by atoms with Crippen LogP contribution in [0.4, 0.5) is 0 Å². The van der Waals surface area contributed by atoms with Crippen molar-refractivity contribution in [3.8, 4) is 0 Å². The number of esters is 1. The Morgan fingerprint density at radius 3 is 2.33 bits per heavy atom. The molecule has 0 aromatic heterocycles. The third-order valence-electron chi connectivity index (χ3n) is 12.3. The van der Waals surface area contributed by atoms with E-state index in [-0.39, 0.29) is 30.9 Å². The van der Waals surface area contributed by atoms with Crippen molar-refractivity contribution in [2.75, 3.05) is 33.7 Å². The van der Waals surface area contributed by atoms with Crippen LogP contribution in [0.25, 0.3) is 10.8 Å². The van der Waals surface area contributed by atoms with Crippen LogP contribution in [0.5, 0.6) is 0 Å². The van der Waals surface area contributed by atoms with Crippen molar-refractivity contribution in [3.05, 3.63) is 48.0 Å². The van der Waals surface area contributed by atoms with Gasteiger partial charge in [0.05, 0.1) is 29.8 Å². The Balaban J connectivity index is 1.61. The standard InChI is InChI=1S/C43H71N3O9/c1-11-35-43(8,52)38(49)30(6)46(21-15-20-44-24-32-18-14-17-31-16-12-13-19-33(31)32)25-26(2)23-42(7,51)39(28(4)36(47)29(5)40(50)54-35)55-41-37(48)34(45(9)10)22-27(3)53-41/h12-14,16-19,26-30,34-39,41,44,47-49,51-52H,11,15,20-25H2,1-10H3/t26-,27-,28+,29-,30-,34+,35-,36+,37-,38-,39-,41+,42-,43-/m1/s1. The molecule has 0 amide bonds. The number of hydrogen-bond donors (Lipinski definition) is 6. The number of hydrogen-bond acceptors (Lipinski definition) is 12. The fraction of sp³-hybridized carbons (Fsp3) is 0.744. The molecule has 55 heavy (non-hydrogen) atoms. The van der Waals surface area contributed by atoms with Gasteiger partial charge in [-0.3, -0.25) is 9.69 Å². The summed E-state index contributed by atoms with van der Waals surface area (Å²) in [6, 6.07) is 13.8. The zero-order chi connectivity index (χ0) is 40.8. The molecule has 12 heteroatoms. The lowest BCUT2D eigenvalue weighted by Gasteiger charge is -2.46. The molecular weight excluding hydrogens is 702 g/mol. The van der Waals surface area contributed by atoms with Crippen LogP contribution < -0.4 is 5.32 Å². The Bertz CT molecular complexity index is 1500. The summed E-state index contributed by atoms with van der Waals surface area (Å²) in [7, 11) is 3.77. The van der Waals surface area contributed by atoms with Gasteiger partial charge in [0, 0.05) is 31.1 Å². The van der Waals surface area contributed by atoms with Gasteiger partial charge in [0.15, 0.2) is 6.29 Å². The number of cyclic esters (lactones) is 1. The first-order valence-corrected chi connectivity index (χ1v) is 20.4. The van der Waals surface area contributed by atoms with Gasteiger partial charge in [-0.25, -0.2) is 0 Å². The third-order valence-corrected chi connectivity index (χ3v) is 12.3. The highest BCUT2D eigenvalue weighted by Crippen LogP contribution is 2.37. The molecule has 4 rings (SSSR count). The molecule has 0 radical (unpaired) electrons. The molecule has 0 spiro atoms. The maximum Gasteiger partial charge on any atom is 0.311 e. The molecule has 0 bridgehead atoms. The molecule has 2 aromatic carbocycles. The Kier molecular flexibility index (Phi) is 16.1. The minimum atomic E-state index is -1.81. The van der Waals surface area contributed by atoms with Gasteiger partial charge < -0.3 is 50.0 Å². The number of nitrogens with zero attached hydrogens (tertiary/aromatic N) is 2. The maximum atomic E-state index is 13.7. The molecule has 2 heterocycles. The van der Waals surface area contributed by atoms with Crippen LogP contribution >= 0.6 is 0 Å². The number of nitrogens with one attached hydrogen (secondary N) is 1. The number of aliphatic hydroxyl groups excluding tert-OH is 3. The van der Waals surface area contributed by atoms with Crippen LogP contribution in [0, 0.1) is 17.8 Å². The Morgan fingerprint density at radius 2 is 1.65 bits per heavy atom. The lowest BCUT2D eigenvalue weighted by atomic mass is 9.78. The van der Waals surface area contributed by atoms with E-state index in [1.54, 1.807) is 27.7 Å². The number of benzene rings is 2. The highest BCUT2D eigenvalue weighted by molar-refractivity contribution is 5.85. The van der Waals surface area contributed by atoms with E-state index in [2.05, 4.69) is 40.5 Å². The smallest absolute Gasteiger partial charge is 0.311 e. The molecule has 0 aliphatic carbocycles. The number of rotatable bonds is 10. The molecule has 2 saturated heterocycles. The van der Waals surface area contributed by atoms with Crippen LogP contribution in [-0.4, -0.2) is 141 Å². The monoisotopic (exact) mass is 774 g/mol. The molecule has 2 aromatic rings. The molecule has 0 unspecified atom stereocenters. The van der Waals surface area contributed by atoms with Crippen molar-refractivity contribution in [1.29, 1.82) is 0 Å². The molecule has 2 aliphatic heterocycles. The topological polar surface area (TPSA) is 164 Å². The lowest BCUT2D eigenvalue weighted by molar-refractivity contribution is -0.299. The Hall–Kier alpha value is -2.23. The number of aliphatic hydroxyl groups is 5. The molecule has 2 aliphatic rings. The van der Waals surface area contributed by atoms with E-state index >= 15 is 0 Å². The van der Waals surface area contributed by atoms with Crippen molar-refractivity contribution in [3.63, 3.8) is 0 Å². The van der Waals surface area contributed by atoms with Gasteiger partial charge in [0.2, 0.25) is 0 Å². The van der Waals surface area contributed by atoms with Crippen LogP contribution in [0.3, 0.4) is 0 Å². The Labute approximate surface area is 329 Å². The molecule has 12 nitrogen and oxygen atoms in total. The second-order valence-corrected chi connectivity index (χ2v) is 17.3. The predicted molar refractivity (Wildman–Crippen MR) is 214 cm³/mol. The average Bonchev–Trinajstić information content (AvgIpc) is 3.13. The SMILES string of the molecule is CC[C@H]1OC(=O)[C@H](C)[C@@H](O)[C@H](C)[C@@H](O[C@@H]2O[C@H](C)C[C@H](N(C)C)[C@H]2O)[C@](C)(O)C[C@@H](C)CN(CCCNCc2cccc3ccccc23)[C@H](C)[C@@H](O)[C@]1(C)O. The minimum Gasteiger partial charge on any atom is -0.459 e. The summed E-state index contributed by atoms with van der Waals surface area (Å²) in [4.78, 5) is 17.7. The summed E-state index contributed by atoms with van der Waals surface area (Å²) < 4.78 is 18.5. The van der Waals surface area contributed by atoms with E-state index in [0.717, 1.165) is 6.42 Å². The molecular formula is C43H71N3O9. The first kappa shape index (κ1) is 45.5. The van der Waals surface area contributed by atoms with Crippen LogP contribution in [0.1, 0.15) is 86.6 Å². The number of ether oxygens (including phenoxy) is 3. The maximum absolute atomic E-state index is 13.7. The number of likely N-dealkylation sites (N-methyl/N-ethyl adjacent to an activating group) is 1. The van der Waals surface area contributed by atoms with E-state index in [4.69, 9.17) is 14.2 Å². The lowest BCUT2D eigenvalue weighted by Crippen LogP contribution is -2.59. The molecule has 0 saturated carbocycles. The second-order valence-electron chi connectivity index (χ2n) is 17.3. The fourth-order valence-corrected chi connectivity index (χ4v) is 8.98. The summed E-state index contributed by atoms with van der Waals surface area (Å²) in [5, 5.41) is 65.1. The van der Waals surface area contributed by atoms with Crippen molar-refractivity contribution in [2.24, 2.45) is 17.8 Å². The summed E-state index contributed by atoms with van der Waals surface area (Å²) in [5.41, 5.74) is -2.14. The van der Waals surface area contributed by atoms with Gasteiger partial charge in [-0.2, -0.15) is 0 Å². The predicted octanol–water partition coefficient (Wildman–Crippen LogP) is 3.68. The Morgan fingerprint density at radius 1 is 0.982 bits per heavy atom. The zero-order valence-corrected chi connectivity index (χ0v) is 34.9. The van der Waals surface area contributed by atoms with E-state index < -0.39 is 71.9 Å². The van der Waals surface area contributed by atoms with E-state index in [1.807, 2.05) is 51.9 Å². The van der Waals surface area contributed by atoms with Gasteiger partial charge in [-0.1, -0.05) is 63.2 Å². The van der Waals surface area contributed by atoms with Crippen molar-refractivity contribution in [1.82, 2.24) is 15.1 Å². The number of carbonyl (C=O) groups excluding carboxylic acids is 1. The first-order chi connectivity index (χ1) is 25.8. The molecule has 2 fully saturated rings. The van der Waals surface area contributed by atoms with Crippen LogP contribution in [0.2, 0.25) is 0 Å². The van der Waals surface area contributed by atoms with Gasteiger partial charge >= 0.3 is 5.97 Å². The molecule has 312 valence electrons. The highest BCUT2D eigenvalue weighted by atomic mass is 16.7. The van der Waals surface area contributed by atoms with Gasteiger partial charge in [-0.15, -0.1) is 0 Å². The van der Waals surface area contributed by atoms with Gasteiger partial charge in [0.1, 0.15) is 23.9 Å². The number of fused-ring (bicyclic) bond motifs is 1. The van der Waals surface area contributed by atoms with Gasteiger partial charge in [-0.05, 0) is 110 Å².